The van der Waals surface area contributed by atoms with Crippen molar-refractivity contribution in [2.45, 2.75) is 51.5 Å². The molecule has 0 aliphatic rings. The Morgan fingerprint density at radius 3 is 2.39 bits per heavy atom. The first-order valence-corrected chi connectivity index (χ1v) is 10.1. The van der Waals surface area contributed by atoms with E-state index in [-0.39, 0.29) is 12.4 Å². The van der Waals surface area contributed by atoms with E-state index >= 15 is 0 Å². The van der Waals surface area contributed by atoms with Gasteiger partial charge in [-0.05, 0) is 56.2 Å². The van der Waals surface area contributed by atoms with Crippen LogP contribution in [0.4, 0.5) is 10.5 Å². The fraction of sp³-hybridized carbons (Fsp3) is 0.318. The molecule has 0 heterocycles. The summed E-state index contributed by atoms with van der Waals surface area (Å²) in [6, 6.07) is 13.5. The van der Waals surface area contributed by atoms with Crippen molar-refractivity contribution >= 4 is 34.5 Å². The van der Waals surface area contributed by atoms with E-state index in [0.717, 1.165) is 21.8 Å². The number of aryl methyl sites for hydroxylation is 1. The third-order valence-electron chi connectivity index (χ3n) is 3.57. The smallest absolute Gasteiger partial charge is 0.412 e. The molecule has 28 heavy (non-hydrogen) atoms. The topological polar surface area (TPSA) is 64.6 Å². The third-order valence-corrected chi connectivity index (χ3v) is 4.58. The van der Waals surface area contributed by atoms with Gasteiger partial charge < -0.3 is 9.47 Å². The summed E-state index contributed by atoms with van der Waals surface area (Å²) >= 11 is 0.952. The molecule has 2 aromatic rings. The SMILES string of the molecule is CCC(=O)Oc1c(C=[SH]c2ccc(C)cc2)cccc1NC(=O)OC(C)(C)C. The van der Waals surface area contributed by atoms with Gasteiger partial charge in [0.15, 0.2) is 5.75 Å². The van der Waals surface area contributed by atoms with E-state index in [2.05, 4.69) is 17.4 Å². The Bertz CT molecular complexity index is 867. The zero-order chi connectivity index (χ0) is 20.7. The highest BCUT2D eigenvalue weighted by atomic mass is 32.1. The van der Waals surface area contributed by atoms with Crippen LogP contribution in [-0.2, 0) is 9.53 Å². The van der Waals surface area contributed by atoms with Gasteiger partial charge in [-0.1, -0.05) is 36.8 Å². The van der Waals surface area contributed by atoms with Crippen molar-refractivity contribution in [3.8, 4) is 5.75 Å². The average Bonchev–Trinajstić information content (AvgIpc) is 2.61. The molecule has 0 bridgehead atoms. The summed E-state index contributed by atoms with van der Waals surface area (Å²) in [7, 11) is 0. The number of nitrogens with one attached hydrogen (secondary N) is 1. The Morgan fingerprint density at radius 1 is 1.11 bits per heavy atom. The minimum absolute atomic E-state index is 0.232. The number of carbonyl (C=O) groups excluding carboxylic acids is 2. The highest BCUT2D eigenvalue weighted by molar-refractivity contribution is 7.97. The predicted octanol–water partition coefficient (Wildman–Crippen LogP) is 5.33. The zero-order valence-electron chi connectivity index (χ0n) is 16.9. The van der Waals surface area contributed by atoms with Crippen LogP contribution in [0.1, 0.15) is 45.2 Å². The maximum atomic E-state index is 12.2. The Morgan fingerprint density at radius 2 is 1.79 bits per heavy atom. The molecule has 0 aliphatic heterocycles. The minimum atomic E-state index is -0.627. The van der Waals surface area contributed by atoms with Gasteiger partial charge in [0.1, 0.15) is 5.60 Å². The van der Waals surface area contributed by atoms with Crippen LogP contribution in [0.5, 0.6) is 5.75 Å². The third kappa shape index (κ3) is 6.85. The molecule has 0 saturated heterocycles. The Kier molecular flexibility index (Phi) is 7.40. The minimum Gasteiger partial charge on any atom is -0.444 e. The van der Waals surface area contributed by atoms with E-state index in [9.17, 15) is 9.59 Å². The molecule has 5 nitrogen and oxygen atoms in total. The Labute approximate surface area is 170 Å². The molecule has 0 saturated carbocycles. The molecule has 1 N–H and O–H groups in total. The molecule has 0 spiro atoms. The van der Waals surface area contributed by atoms with Gasteiger partial charge >= 0.3 is 12.1 Å². The predicted molar refractivity (Wildman–Crippen MR) is 116 cm³/mol. The molecule has 150 valence electrons. The summed E-state index contributed by atoms with van der Waals surface area (Å²) in [5, 5.41) is 4.63. The Balaban J connectivity index is 2.34. The second-order valence-electron chi connectivity index (χ2n) is 7.27. The Hall–Kier alpha value is -2.60. The lowest BCUT2D eigenvalue weighted by Crippen LogP contribution is -2.27. The number of hydrogen-bond acceptors (Lipinski definition) is 4. The van der Waals surface area contributed by atoms with Crippen LogP contribution < -0.4 is 10.1 Å². The van der Waals surface area contributed by atoms with E-state index in [1.54, 1.807) is 39.8 Å². The number of amides is 1. The summed E-state index contributed by atoms with van der Waals surface area (Å²) in [5.41, 5.74) is 1.68. The van der Waals surface area contributed by atoms with Crippen LogP contribution in [-0.4, -0.2) is 23.0 Å². The molecule has 0 aliphatic carbocycles. The van der Waals surface area contributed by atoms with E-state index in [1.165, 1.54) is 5.56 Å². The molecular formula is C22H27NO4S. The molecule has 2 aromatic carbocycles. The van der Waals surface area contributed by atoms with Crippen LogP contribution in [0.3, 0.4) is 0 Å². The molecule has 0 aromatic heterocycles. The highest BCUT2D eigenvalue weighted by Gasteiger charge is 2.19. The summed E-state index contributed by atoms with van der Waals surface area (Å²) in [6.45, 7) is 9.12. The van der Waals surface area contributed by atoms with Crippen LogP contribution in [0, 0.1) is 6.92 Å². The van der Waals surface area contributed by atoms with Crippen molar-refractivity contribution < 1.29 is 19.1 Å². The number of benzene rings is 2. The zero-order valence-corrected chi connectivity index (χ0v) is 17.8. The quantitative estimate of drug-likeness (QED) is 0.307. The summed E-state index contributed by atoms with van der Waals surface area (Å²) < 4.78 is 10.8. The largest absolute Gasteiger partial charge is 0.444 e. The van der Waals surface area contributed by atoms with Crippen molar-refractivity contribution in [2.75, 3.05) is 5.32 Å². The number of carbonyl (C=O) groups is 2. The summed E-state index contributed by atoms with van der Waals surface area (Å²) in [6.07, 6.45) is -0.370. The van der Waals surface area contributed by atoms with Gasteiger partial charge in [0, 0.05) is 12.0 Å². The fourth-order valence-electron chi connectivity index (χ4n) is 2.24. The normalized spacial score (nSPS) is 11.6. The van der Waals surface area contributed by atoms with Crippen molar-refractivity contribution in [3.05, 3.63) is 53.6 Å². The number of anilines is 1. The number of rotatable bonds is 5. The van der Waals surface area contributed by atoms with Gasteiger partial charge in [-0.25, -0.2) is 4.79 Å². The lowest BCUT2D eigenvalue weighted by atomic mass is 10.2. The number of hydrogen-bond donors (Lipinski definition) is 2. The molecule has 0 unspecified atom stereocenters. The highest BCUT2D eigenvalue weighted by Crippen LogP contribution is 2.30. The molecule has 0 fully saturated rings. The fourth-order valence-corrected chi connectivity index (χ4v) is 3.06. The molecule has 2 rings (SSSR count). The first-order chi connectivity index (χ1) is 13.2. The van der Waals surface area contributed by atoms with E-state index in [1.807, 2.05) is 30.5 Å². The molecule has 1 amide bonds. The first kappa shape index (κ1) is 21.7. The summed E-state index contributed by atoms with van der Waals surface area (Å²) in [4.78, 5) is 25.2. The first-order valence-electron chi connectivity index (χ1n) is 9.12. The lowest BCUT2D eigenvalue weighted by Gasteiger charge is -2.20. The maximum Gasteiger partial charge on any atom is 0.412 e. The van der Waals surface area contributed by atoms with Crippen LogP contribution in [0.15, 0.2) is 47.4 Å². The van der Waals surface area contributed by atoms with E-state index in [0.29, 0.717) is 11.4 Å². The van der Waals surface area contributed by atoms with Crippen LogP contribution in [0.2, 0.25) is 0 Å². The van der Waals surface area contributed by atoms with Crippen molar-refractivity contribution in [1.82, 2.24) is 0 Å². The van der Waals surface area contributed by atoms with Gasteiger partial charge in [-0.3, -0.25) is 10.1 Å². The van der Waals surface area contributed by atoms with Crippen LogP contribution >= 0.6 is 11.4 Å². The van der Waals surface area contributed by atoms with Gasteiger partial charge in [-0.15, -0.1) is 0 Å². The van der Waals surface area contributed by atoms with Gasteiger partial charge in [0.2, 0.25) is 0 Å². The molecule has 0 radical (unpaired) electrons. The standard InChI is InChI=1S/C22H27NO4S/c1-6-19(24)26-20-16(14-28-17-12-10-15(2)11-13-17)8-7-9-18(20)23-21(25)27-22(3,4)5/h7-14,28H,6H2,1-5H3,(H,23,25). The van der Waals surface area contributed by atoms with Gasteiger partial charge in [-0.2, -0.15) is 11.4 Å². The lowest BCUT2D eigenvalue weighted by molar-refractivity contribution is -0.133. The monoisotopic (exact) mass is 401 g/mol. The van der Waals surface area contributed by atoms with Crippen molar-refractivity contribution in [2.24, 2.45) is 0 Å². The van der Waals surface area contributed by atoms with E-state index in [4.69, 9.17) is 9.47 Å². The van der Waals surface area contributed by atoms with Crippen molar-refractivity contribution in [1.29, 1.82) is 0 Å². The number of esters is 1. The van der Waals surface area contributed by atoms with Crippen molar-refractivity contribution in [3.63, 3.8) is 0 Å². The maximum absolute atomic E-state index is 12.2. The van der Waals surface area contributed by atoms with E-state index < -0.39 is 11.7 Å². The molecular weight excluding hydrogens is 374 g/mol. The molecule has 6 heteroatoms. The second kappa shape index (κ2) is 9.55. The number of thiol groups is 1. The van der Waals surface area contributed by atoms with Crippen LogP contribution in [0.25, 0.3) is 0 Å². The number of para-hydroxylation sites is 1. The number of ether oxygens (including phenoxy) is 2. The second-order valence-corrected chi connectivity index (χ2v) is 8.30. The molecule has 0 atom stereocenters. The van der Waals surface area contributed by atoms with Gasteiger partial charge in [0.25, 0.3) is 0 Å². The summed E-state index contributed by atoms with van der Waals surface area (Å²) in [5.74, 6) is -0.0556. The van der Waals surface area contributed by atoms with Gasteiger partial charge in [0.05, 0.1) is 5.69 Å². The average molecular weight is 402 g/mol.